The molecule has 1 aromatic carbocycles. The molecule has 0 aromatic heterocycles. The summed E-state index contributed by atoms with van der Waals surface area (Å²) in [5, 5.41) is 3.92. The zero-order chi connectivity index (χ0) is 12.5. The van der Waals surface area contributed by atoms with Crippen molar-refractivity contribution in [2.45, 2.75) is 64.5 Å². The maximum absolute atomic E-state index is 3.92. The fraction of sp³-hybridized carbons (Fsp3) is 0.647. The van der Waals surface area contributed by atoms with E-state index in [1.807, 2.05) is 0 Å². The van der Waals surface area contributed by atoms with Crippen molar-refractivity contribution in [3.8, 4) is 0 Å². The summed E-state index contributed by atoms with van der Waals surface area (Å²) >= 11 is 0. The normalized spacial score (nSPS) is 24.0. The van der Waals surface area contributed by atoms with E-state index in [1.165, 1.54) is 44.1 Å². The monoisotopic (exact) mass is 243 g/mol. The third-order valence-electron chi connectivity index (χ3n) is 4.62. The number of aryl methyl sites for hydroxylation is 2. The van der Waals surface area contributed by atoms with Crippen LogP contribution < -0.4 is 5.32 Å². The van der Waals surface area contributed by atoms with Crippen LogP contribution >= 0.6 is 0 Å². The van der Waals surface area contributed by atoms with Gasteiger partial charge in [-0.1, -0.05) is 43.5 Å². The van der Waals surface area contributed by atoms with Crippen molar-refractivity contribution in [3.05, 3.63) is 34.9 Å². The van der Waals surface area contributed by atoms with Gasteiger partial charge in [0.05, 0.1) is 0 Å². The van der Waals surface area contributed by atoms with Gasteiger partial charge in [0.15, 0.2) is 0 Å². The molecule has 3 rings (SSSR count). The van der Waals surface area contributed by atoms with Crippen molar-refractivity contribution in [3.63, 3.8) is 0 Å². The molecule has 0 saturated heterocycles. The van der Waals surface area contributed by atoms with E-state index in [1.54, 1.807) is 11.1 Å². The number of rotatable bonds is 5. The highest BCUT2D eigenvalue weighted by Gasteiger charge is 2.28. The Morgan fingerprint density at radius 2 is 2.11 bits per heavy atom. The Bertz CT molecular complexity index is 420. The van der Waals surface area contributed by atoms with Gasteiger partial charge in [0.2, 0.25) is 0 Å². The van der Waals surface area contributed by atoms with Gasteiger partial charge in [-0.25, -0.2) is 0 Å². The van der Waals surface area contributed by atoms with Crippen molar-refractivity contribution >= 4 is 0 Å². The predicted molar refractivity (Wildman–Crippen MR) is 76.8 cm³/mol. The average Bonchev–Trinajstić information content (AvgIpc) is 3.10. The maximum atomic E-state index is 3.92. The zero-order valence-corrected chi connectivity index (χ0v) is 11.7. The largest absolute Gasteiger partial charge is 0.307 e. The van der Waals surface area contributed by atoms with E-state index in [9.17, 15) is 0 Å². The quantitative estimate of drug-likeness (QED) is 0.819. The van der Waals surface area contributed by atoms with Crippen LogP contribution in [0.25, 0.3) is 0 Å². The van der Waals surface area contributed by atoms with Gasteiger partial charge >= 0.3 is 0 Å². The molecule has 1 nitrogen and oxygen atoms in total. The maximum Gasteiger partial charge on any atom is 0.0328 e. The molecule has 1 saturated carbocycles. The van der Waals surface area contributed by atoms with Crippen LogP contribution in [0.5, 0.6) is 0 Å². The molecule has 0 spiro atoms. The molecule has 0 bridgehead atoms. The molecule has 2 unspecified atom stereocenters. The van der Waals surface area contributed by atoms with Crippen LogP contribution in [0, 0.1) is 12.8 Å². The first kappa shape index (κ1) is 12.2. The summed E-state index contributed by atoms with van der Waals surface area (Å²) in [5.74, 6) is 1.03. The summed E-state index contributed by atoms with van der Waals surface area (Å²) in [6.45, 7) is 4.53. The fourth-order valence-corrected chi connectivity index (χ4v) is 3.29. The highest BCUT2D eigenvalue weighted by Crippen LogP contribution is 2.36. The molecule has 98 valence electrons. The molecule has 1 fully saturated rings. The second-order valence-electron chi connectivity index (χ2n) is 6.24. The van der Waals surface area contributed by atoms with Crippen molar-refractivity contribution < 1.29 is 0 Å². The lowest BCUT2D eigenvalue weighted by Gasteiger charge is -2.23. The van der Waals surface area contributed by atoms with E-state index in [0.29, 0.717) is 6.04 Å². The molecule has 18 heavy (non-hydrogen) atoms. The Morgan fingerprint density at radius 1 is 1.28 bits per heavy atom. The molecule has 2 aliphatic rings. The first-order valence-corrected chi connectivity index (χ1v) is 7.61. The highest BCUT2D eigenvalue weighted by atomic mass is 15.0. The lowest BCUT2D eigenvalue weighted by atomic mass is 10.0. The zero-order valence-electron chi connectivity index (χ0n) is 11.7. The van der Waals surface area contributed by atoms with Gasteiger partial charge in [-0.15, -0.1) is 0 Å². The van der Waals surface area contributed by atoms with Crippen LogP contribution in [-0.2, 0) is 6.42 Å². The van der Waals surface area contributed by atoms with Gasteiger partial charge < -0.3 is 5.32 Å². The summed E-state index contributed by atoms with van der Waals surface area (Å²) in [7, 11) is 0. The number of nitrogens with one attached hydrogen (secondary N) is 1. The summed E-state index contributed by atoms with van der Waals surface area (Å²) < 4.78 is 0. The first-order valence-electron chi connectivity index (χ1n) is 7.61. The second kappa shape index (κ2) is 5.05. The summed E-state index contributed by atoms with van der Waals surface area (Å²) in [5.41, 5.74) is 4.54. The summed E-state index contributed by atoms with van der Waals surface area (Å²) in [6.07, 6.45) is 8.16. The van der Waals surface area contributed by atoms with Gasteiger partial charge in [0, 0.05) is 12.1 Å². The Kier molecular flexibility index (Phi) is 3.43. The van der Waals surface area contributed by atoms with E-state index in [4.69, 9.17) is 0 Å². The molecule has 0 aliphatic heterocycles. The van der Waals surface area contributed by atoms with Gasteiger partial charge in [0.25, 0.3) is 0 Å². The molecular weight excluding hydrogens is 218 g/mol. The fourth-order valence-electron chi connectivity index (χ4n) is 3.29. The standard InChI is InChI=1S/C17H25N/c1-3-15(11-13-5-6-13)18-17-9-8-14-7-4-12(2)10-16(14)17/h4,7,10,13,15,17-18H,3,5-6,8-9,11H2,1-2H3. The van der Waals surface area contributed by atoms with Crippen molar-refractivity contribution in [1.29, 1.82) is 0 Å². The van der Waals surface area contributed by atoms with Crippen molar-refractivity contribution in [2.24, 2.45) is 5.92 Å². The lowest BCUT2D eigenvalue weighted by Crippen LogP contribution is -2.31. The minimum absolute atomic E-state index is 0.614. The highest BCUT2D eigenvalue weighted by molar-refractivity contribution is 5.37. The summed E-state index contributed by atoms with van der Waals surface area (Å²) in [6, 6.07) is 8.32. The average molecular weight is 243 g/mol. The number of hydrogen-bond donors (Lipinski definition) is 1. The molecule has 2 aliphatic carbocycles. The van der Waals surface area contributed by atoms with Crippen molar-refractivity contribution in [2.75, 3.05) is 0 Å². The minimum Gasteiger partial charge on any atom is -0.307 e. The molecule has 0 heterocycles. The topological polar surface area (TPSA) is 12.0 Å². The van der Waals surface area contributed by atoms with E-state index < -0.39 is 0 Å². The number of hydrogen-bond acceptors (Lipinski definition) is 1. The summed E-state index contributed by atoms with van der Waals surface area (Å²) in [4.78, 5) is 0. The van der Waals surface area contributed by atoms with E-state index in [0.717, 1.165) is 12.0 Å². The SMILES string of the molecule is CCC(CC1CC1)NC1CCc2ccc(C)cc21. The van der Waals surface area contributed by atoms with Crippen LogP contribution in [0.1, 0.15) is 61.8 Å². The van der Waals surface area contributed by atoms with E-state index in [2.05, 4.69) is 37.4 Å². The Labute approximate surface area is 111 Å². The smallest absolute Gasteiger partial charge is 0.0328 e. The number of benzene rings is 1. The Hall–Kier alpha value is -0.820. The molecule has 1 heteroatoms. The predicted octanol–water partition coefficient (Wildman–Crippen LogP) is 4.15. The van der Waals surface area contributed by atoms with Crippen LogP contribution in [0.15, 0.2) is 18.2 Å². The van der Waals surface area contributed by atoms with Gasteiger partial charge in [-0.05, 0) is 49.7 Å². The second-order valence-corrected chi connectivity index (χ2v) is 6.24. The molecule has 1 aromatic rings. The molecule has 2 atom stereocenters. The van der Waals surface area contributed by atoms with Gasteiger partial charge in [-0.3, -0.25) is 0 Å². The first-order chi connectivity index (χ1) is 8.76. The number of fused-ring (bicyclic) bond motifs is 1. The molecular formula is C17H25N. The molecule has 0 radical (unpaired) electrons. The molecule has 0 amide bonds. The van der Waals surface area contributed by atoms with Gasteiger partial charge in [-0.2, -0.15) is 0 Å². The molecule has 1 N–H and O–H groups in total. The Balaban J connectivity index is 1.68. The lowest BCUT2D eigenvalue weighted by molar-refractivity contribution is 0.388. The van der Waals surface area contributed by atoms with Crippen molar-refractivity contribution in [1.82, 2.24) is 5.32 Å². The third-order valence-corrected chi connectivity index (χ3v) is 4.62. The van der Waals surface area contributed by atoms with Crippen LogP contribution in [0.2, 0.25) is 0 Å². The van der Waals surface area contributed by atoms with Crippen LogP contribution in [0.4, 0.5) is 0 Å². The van der Waals surface area contributed by atoms with Crippen LogP contribution in [-0.4, -0.2) is 6.04 Å². The van der Waals surface area contributed by atoms with Crippen LogP contribution in [0.3, 0.4) is 0 Å². The van der Waals surface area contributed by atoms with E-state index in [-0.39, 0.29) is 0 Å². The third kappa shape index (κ3) is 2.61. The minimum atomic E-state index is 0.614. The Morgan fingerprint density at radius 3 is 2.83 bits per heavy atom. The van der Waals surface area contributed by atoms with Gasteiger partial charge in [0.1, 0.15) is 0 Å². The van der Waals surface area contributed by atoms with E-state index >= 15 is 0 Å².